The Morgan fingerprint density at radius 1 is 1.14 bits per heavy atom. The summed E-state index contributed by atoms with van der Waals surface area (Å²) in [7, 11) is 1.24. The van der Waals surface area contributed by atoms with Gasteiger partial charge in [-0.2, -0.15) is 0 Å². The van der Waals surface area contributed by atoms with Crippen molar-refractivity contribution in [1.82, 2.24) is 0 Å². The molecule has 1 amide bonds. The predicted octanol–water partition coefficient (Wildman–Crippen LogP) is 3.08. The molecule has 5 nitrogen and oxygen atoms in total. The van der Waals surface area contributed by atoms with Crippen LogP contribution in [0.4, 0.5) is 5.69 Å². The Hall–Kier alpha value is -2.53. The zero-order valence-electron chi connectivity index (χ0n) is 11.1. The first kappa shape index (κ1) is 14.9. The van der Waals surface area contributed by atoms with Crippen LogP contribution < -0.4 is 5.32 Å². The first-order valence-electron chi connectivity index (χ1n) is 5.99. The van der Waals surface area contributed by atoms with Crippen LogP contribution in [0, 0.1) is 0 Å². The highest BCUT2D eigenvalue weighted by Crippen LogP contribution is 2.25. The van der Waals surface area contributed by atoms with Crippen molar-refractivity contribution in [3.8, 4) is 5.75 Å². The first-order valence-corrected chi connectivity index (χ1v) is 6.37. The van der Waals surface area contributed by atoms with Gasteiger partial charge in [0.25, 0.3) is 5.91 Å². The van der Waals surface area contributed by atoms with E-state index in [2.05, 4.69) is 10.1 Å². The molecule has 0 bridgehead atoms. The fraction of sp³-hybridized carbons (Fsp3) is 0.0667. The second-order valence-electron chi connectivity index (χ2n) is 4.19. The summed E-state index contributed by atoms with van der Waals surface area (Å²) in [5.41, 5.74) is 0.738. The van der Waals surface area contributed by atoms with Gasteiger partial charge in [-0.25, -0.2) is 4.79 Å². The van der Waals surface area contributed by atoms with Crippen LogP contribution in [0.3, 0.4) is 0 Å². The van der Waals surface area contributed by atoms with Gasteiger partial charge in [0.2, 0.25) is 0 Å². The third-order valence-electron chi connectivity index (χ3n) is 2.75. The molecule has 2 rings (SSSR count). The third kappa shape index (κ3) is 3.52. The number of anilines is 1. The zero-order valence-corrected chi connectivity index (χ0v) is 11.8. The van der Waals surface area contributed by atoms with Crippen molar-refractivity contribution in [1.29, 1.82) is 0 Å². The molecule has 0 atom stereocenters. The van der Waals surface area contributed by atoms with Crippen LogP contribution in [-0.4, -0.2) is 24.1 Å². The molecular weight excluding hydrogens is 294 g/mol. The lowest BCUT2D eigenvalue weighted by Crippen LogP contribution is -2.12. The lowest BCUT2D eigenvalue weighted by atomic mass is 10.1. The van der Waals surface area contributed by atoms with Gasteiger partial charge in [0.05, 0.1) is 18.4 Å². The number of phenolic OH excluding ortho intramolecular Hbond substituents is 1. The summed E-state index contributed by atoms with van der Waals surface area (Å²) in [6.45, 7) is 0. The summed E-state index contributed by atoms with van der Waals surface area (Å²) in [6.07, 6.45) is 0. The standard InChI is InChI=1S/C15H12ClNO4/c1-21-15(20)10-5-6-12(13(18)8-10)17-14(19)9-3-2-4-11(16)7-9/h2-8,18H,1H3,(H,17,19). The van der Waals surface area contributed by atoms with E-state index in [0.717, 1.165) is 0 Å². The van der Waals surface area contributed by atoms with Crippen LogP contribution in [0.2, 0.25) is 5.02 Å². The molecule has 0 heterocycles. The Bertz CT molecular complexity index is 700. The lowest BCUT2D eigenvalue weighted by molar-refractivity contribution is 0.0600. The Balaban J connectivity index is 2.20. The molecule has 0 aliphatic carbocycles. The van der Waals surface area contributed by atoms with Gasteiger partial charge in [-0.3, -0.25) is 4.79 Å². The molecule has 0 saturated heterocycles. The molecular formula is C15H12ClNO4. The molecule has 0 aliphatic heterocycles. The number of nitrogens with one attached hydrogen (secondary N) is 1. The van der Waals surface area contributed by atoms with Crippen molar-refractivity contribution in [2.24, 2.45) is 0 Å². The van der Waals surface area contributed by atoms with Gasteiger partial charge in [0.1, 0.15) is 5.75 Å². The van der Waals surface area contributed by atoms with E-state index < -0.39 is 11.9 Å². The normalized spacial score (nSPS) is 10.0. The van der Waals surface area contributed by atoms with Crippen LogP contribution in [0.15, 0.2) is 42.5 Å². The molecule has 0 fully saturated rings. The van der Waals surface area contributed by atoms with Crippen molar-refractivity contribution >= 4 is 29.2 Å². The predicted molar refractivity (Wildman–Crippen MR) is 78.9 cm³/mol. The maximum atomic E-state index is 12.0. The molecule has 2 aromatic rings. The topological polar surface area (TPSA) is 75.6 Å². The van der Waals surface area contributed by atoms with Crippen molar-refractivity contribution in [2.45, 2.75) is 0 Å². The Morgan fingerprint density at radius 3 is 2.52 bits per heavy atom. The van der Waals surface area contributed by atoms with Gasteiger partial charge >= 0.3 is 5.97 Å². The van der Waals surface area contributed by atoms with Crippen molar-refractivity contribution in [3.63, 3.8) is 0 Å². The molecule has 2 N–H and O–H groups in total. The lowest BCUT2D eigenvalue weighted by Gasteiger charge is -2.08. The van der Waals surface area contributed by atoms with E-state index in [4.69, 9.17) is 11.6 Å². The van der Waals surface area contributed by atoms with Crippen LogP contribution in [0.25, 0.3) is 0 Å². The van der Waals surface area contributed by atoms with Crippen LogP contribution in [-0.2, 0) is 4.74 Å². The molecule has 0 saturated carbocycles. The quantitative estimate of drug-likeness (QED) is 0.675. The number of esters is 1. The Kier molecular flexibility index (Phi) is 4.45. The maximum absolute atomic E-state index is 12.0. The molecule has 0 unspecified atom stereocenters. The monoisotopic (exact) mass is 305 g/mol. The van der Waals surface area contributed by atoms with Gasteiger partial charge in [0, 0.05) is 10.6 Å². The number of carbonyl (C=O) groups excluding carboxylic acids is 2. The largest absolute Gasteiger partial charge is 0.506 e. The summed E-state index contributed by atoms with van der Waals surface area (Å²) in [4.78, 5) is 23.3. The maximum Gasteiger partial charge on any atom is 0.337 e. The second-order valence-corrected chi connectivity index (χ2v) is 4.62. The number of phenols is 1. The van der Waals surface area contributed by atoms with Gasteiger partial charge in [-0.15, -0.1) is 0 Å². The highest BCUT2D eigenvalue weighted by molar-refractivity contribution is 6.31. The number of ether oxygens (including phenoxy) is 1. The van der Waals surface area contributed by atoms with Crippen molar-refractivity contribution in [3.05, 3.63) is 58.6 Å². The molecule has 0 aromatic heterocycles. The van der Waals surface area contributed by atoms with Gasteiger partial charge < -0.3 is 15.2 Å². The molecule has 0 radical (unpaired) electrons. The van der Waals surface area contributed by atoms with E-state index in [9.17, 15) is 14.7 Å². The minimum Gasteiger partial charge on any atom is -0.506 e. The smallest absolute Gasteiger partial charge is 0.337 e. The van der Waals surface area contributed by atoms with E-state index in [1.54, 1.807) is 18.2 Å². The van der Waals surface area contributed by atoms with Crippen LogP contribution in [0.5, 0.6) is 5.75 Å². The van der Waals surface area contributed by atoms with Crippen molar-refractivity contribution < 1.29 is 19.4 Å². The van der Waals surface area contributed by atoms with Gasteiger partial charge in [0.15, 0.2) is 0 Å². The van der Waals surface area contributed by atoms with Crippen LogP contribution >= 0.6 is 11.6 Å². The number of aromatic hydroxyl groups is 1. The van der Waals surface area contributed by atoms with E-state index >= 15 is 0 Å². The number of carbonyl (C=O) groups is 2. The fourth-order valence-electron chi connectivity index (χ4n) is 1.71. The van der Waals surface area contributed by atoms with Gasteiger partial charge in [-0.1, -0.05) is 17.7 Å². The molecule has 0 aliphatic rings. The molecule has 2 aromatic carbocycles. The number of hydrogen-bond acceptors (Lipinski definition) is 4. The summed E-state index contributed by atoms with van der Waals surface area (Å²) < 4.78 is 4.54. The number of benzene rings is 2. The summed E-state index contributed by atoms with van der Waals surface area (Å²) >= 11 is 5.81. The minimum atomic E-state index is -0.571. The van der Waals surface area contributed by atoms with E-state index in [-0.39, 0.29) is 17.0 Å². The van der Waals surface area contributed by atoms with Crippen molar-refractivity contribution in [2.75, 3.05) is 12.4 Å². The molecule has 0 spiro atoms. The van der Waals surface area contributed by atoms with E-state index in [0.29, 0.717) is 10.6 Å². The molecule has 6 heteroatoms. The second kappa shape index (κ2) is 6.28. The number of halogens is 1. The van der Waals surface area contributed by atoms with E-state index in [1.807, 2.05) is 0 Å². The van der Waals surface area contributed by atoms with Crippen LogP contribution in [0.1, 0.15) is 20.7 Å². The SMILES string of the molecule is COC(=O)c1ccc(NC(=O)c2cccc(Cl)c2)c(O)c1. The Morgan fingerprint density at radius 2 is 1.90 bits per heavy atom. The summed E-state index contributed by atoms with van der Waals surface area (Å²) in [6, 6.07) is 10.5. The minimum absolute atomic E-state index is 0.188. The average Bonchev–Trinajstić information content (AvgIpc) is 2.48. The number of amides is 1. The van der Waals surface area contributed by atoms with E-state index in [1.165, 1.54) is 31.4 Å². The number of methoxy groups -OCH3 is 1. The highest BCUT2D eigenvalue weighted by Gasteiger charge is 2.12. The first-order chi connectivity index (χ1) is 10.0. The number of rotatable bonds is 3. The summed E-state index contributed by atoms with van der Waals surface area (Å²) in [5.74, 6) is -1.22. The highest BCUT2D eigenvalue weighted by atomic mass is 35.5. The third-order valence-corrected chi connectivity index (χ3v) is 2.99. The Labute approximate surface area is 126 Å². The van der Waals surface area contributed by atoms with Gasteiger partial charge in [-0.05, 0) is 36.4 Å². The zero-order chi connectivity index (χ0) is 15.4. The fourth-order valence-corrected chi connectivity index (χ4v) is 1.90. The summed E-state index contributed by atoms with van der Waals surface area (Å²) in [5, 5.41) is 12.8. The molecule has 21 heavy (non-hydrogen) atoms. The molecule has 108 valence electrons. The number of hydrogen-bond donors (Lipinski definition) is 2. The average molecular weight is 306 g/mol.